The third-order valence-electron chi connectivity index (χ3n) is 5.04. The zero-order valence-corrected chi connectivity index (χ0v) is 19.2. The maximum atomic E-state index is 12.7. The molecule has 0 aliphatic carbocycles. The van der Waals surface area contributed by atoms with Gasteiger partial charge in [-0.25, -0.2) is 4.98 Å². The van der Waals surface area contributed by atoms with E-state index in [9.17, 15) is 9.59 Å². The number of rotatable bonds is 10. The number of hydrogen-bond acceptors (Lipinski definition) is 6. The van der Waals surface area contributed by atoms with E-state index in [2.05, 4.69) is 34.0 Å². The van der Waals surface area contributed by atoms with Crippen molar-refractivity contribution in [3.63, 3.8) is 0 Å². The molecule has 0 saturated heterocycles. The molecule has 0 saturated carbocycles. The highest BCUT2D eigenvalue weighted by atomic mass is 32.2. The lowest BCUT2D eigenvalue weighted by Gasteiger charge is -2.19. The Balaban J connectivity index is 1.61. The molecule has 2 aromatic heterocycles. The van der Waals surface area contributed by atoms with E-state index in [-0.39, 0.29) is 16.7 Å². The Morgan fingerprint density at radius 2 is 2.00 bits per heavy atom. The summed E-state index contributed by atoms with van der Waals surface area (Å²) in [7, 11) is 0. The summed E-state index contributed by atoms with van der Waals surface area (Å²) < 4.78 is 0. The Morgan fingerprint density at radius 3 is 2.70 bits per heavy atom. The first-order chi connectivity index (χ1) is 14.5. The predicted molar refractivity (Wildman–Crippen MR) is 127 cm³/mol. The topological polar surface area (TPSA) is 78.1 Å². The Labute approximate surface area is 185 Å². The highest BCUT2D eigenvalue weighted by Crippen LogP contribution is 2.30. The van der Waals surface area contributed by atoms with E-state index in [0.717, 1.165) is 35.6 Å². The van der Waals surface area contributed by atoms with E-state index in [4.69, 9.17) is 0 Å². The average Bonchev–Trinajstić information content (AvgIpc) is 3.20. The number of benzene rings is 1. The van der Waals surface area contributed by atoms with Gasteiger partial charge >= 0.3 is 0 Å². The van der Waals surface area contributed by atoms with Gasteiger partial charge < -0.3 is 15.2 Å². The minimum absolute atomic E-state index is 0.0121. The molecule has 30 heavy (non-hydrogen) atoms. The second kappa shape index (κ2) is 10.7. The van der Waals surface area contributed by atoms with E-state index in [1.165, 1.54) is 23.1 Å². The van der Waals surface area contributed by atoms with Crippen LogP contribution in [0.1, 0.15) is 26.6 Å². The van der Waals surface area contributed by atoms with E-state index >= 15 is 0 Å². The van der Waals surface area contributed by atoms with E-state index in [0.29, 0.717) is 23.5 Å². The number of aromatic nitrogens is 2. The minimum Gasteiger partial charge on any atom is -0.354 e. The number of thioether (sulfide) groups is 1. The number of H-pyrrole nitrogens is 1. The monoisotopic (exact) mass is 444 g/mol. The summed E-state index contributed by atoms with van der Waals surface area (Å²) in [6.07, 6.45) is 0. The number of aromatic amines is 1. The summed E-state index contributed by atoms with van der Waals surface area (Å²) in [6.45, 7) is 9.57. The molecule has 1 aromatic carbocycles. The molecule has 0 spiro atoms. The Hall–Kier alpha value is -2.16. The van der Waals surface area contributed by atoms with Gasteiger partial charge in [0.05, 0.1) is 16.4 Å². The Bertz CT molecular complexity index is 1030. The molecule has 0 aliphatic rings. The van der Waals surface area contributed by atoms with Crippen molar-refractivity contribution in [2.45, 2.75) is 31.8 Å². The highest BCUT2D eigenvalue weighted by molar-refractivity contribution is 7.99. The zero-order chi connectivity index (χ0) is 21.5. The molecule has 0 aliphatic heterocycles. The van der Waals surface area contributed by atoms with Crippen LogP contribution in [-0.4, -0.2) is 52.2 Å². The van der Waals surface area contributed by atoms with E-state index in [1.54, 1.807) is 0 Å². The third-order valence-corrected chi connectivity index (χ3v) is 7.07. The van der Waals surface area contributed by atoms with E-state index < -0.39 is 0 Å². The van der Waals surface area contributed by atoms with Crippen LogP contribution >= 0.6 is 23.1 Å². The first kappa shape index (κ1) is 22.5. The summed E-state index contributed by atoms with van der Waals surface area (Å²) in [5.41, 5.74) is 1.78. The van der Waals surface area contributed by atoms with Gasteiger partial charge in [-0.05, 0) is 25.6 Å². The van der Waals surface area contributed by atoms with Gasteiger partial charge in [0.15, 0.2) is 0 Å². The molecule has 160 valence electrons. The van der Waals surface area contributed by atoms with E-state index in [1.807, 2.05) is 42.6 Å². The van der Waals surface area contributed by atoms with Gasteiger partial charge in [-0.2, -0.15) is 0 Å². The average molecular weight is 445 g/mol. The molecule has 1 amide bonds. The van der Waals surface area contributed by atoms with Crippen molar-refractivity contribution in [1.29, 1.82) is 0 Å². The first-order valence-corrected chi connectivity index (χ1v) is 12.1. The number of hydrogen-bond donors (Lipinski definition) is 2. The first-order valence-electron chi connectivity index (χ1n) is 10.2. The third kappa shape index (κ3) is 5.50. The fourth-order valence-corrected chi connectivity index (χ4v) is 4.94. The molecule has 2 heterocycles. The molecule has 0 radical (unpaired) electrons. The number of fused-ring (bicyclic) bond motifs is 1. The van der Waals surface area contributed by atoms with Gasteiger partial charge in [0.25, 0.3) is 5.56 Å². The van der Waals surface area contributed by atoms with Crippen LogP contribution < -0.4 is 10.9 Å². The second-order valence-corrected chi connectivity index (χ2v) is 9.17. The van der Waals surface area contributed by atoms with Crippen molar-refractivity contribution in [1.82, 2.24) is 20.2 Å². The number of likely N-dealkylation sites (N-methyl/N-ethyl adjacent to an activating group) is 1. The molecule has 0 unspecified atom stereocenters. The standard InChI is InChI=1S/C22H28N4O2S2/c1-4-26(5-2)12-11-23-20(27)15(3)29-14-18-24-21(28)19-17(13-30-22(19)25-18)16-9-7-6-8-10-16/h6-10,13,15H,4-5,11-12,14H2,1-3H3,(H,23,27)(H,24,25,28)/t15-/m1/s1. The molecule has 3 rings (SSSR count). The van der Waals surface area contributed by atoms with Gasteiger partial charge in [-0.1, -0.05) is 44.2 Å². The normalized spacial score (nSPS) is 12.4. The smallest absolute Gasteiger partial charge is 0.260 e. The maximum absolute atomic E-state index is 12.7. The minimum atomic E-state index is -0.217. The van der Waals surface area contributed by atoms with Gasteiger partial charge in [-0.3, -0.25) is 9.59 Å². The van der Waals surface area contributed by atoms with Crippen molar-refractivity contribution >= 4 is 39.2 Å². The lowest BCUT2D eigenvalue weighted by molar-refractivity contribution is -0.120. The van der Waals surface area contributed by atoms with Crippen LogP contribution in [0.5, 0.6) is 0 Å². The van der Waals surface area contributed by atoms with Crippen LogP contribution in [0.3, 0.4) is 0 Å². The summed E-state index contributed by atoms with van der Waals surface area (Å²) in [6, 6.07) is 9.85. The van der Waals surface area contributed by atoms with Crippen LogP contribution in [0.2, 0.25) is 0 Å². The van der Waals surface area contributed by atoms with Crippen LogP contribution in [0.25, 0.3) is 21.3 Å². The molecule has 0 fully saturated rings. The molecule has 0 bridgehead atoms. The number of amides is 1. The molecule has 3 aromatic rings. The van der Waals surface area contributed by atoms with Crippen molar-refractivity contribution in [3.05, 3.63) is 51.9 Å². The number of carbonyl (C=O) groups excluding carboxylic acids is 1. The fourth-order valence-electron chi connectivity index (χ4n) is 3.19. The maximum Gasteiger partial charge on any atom is 0.260 e. The van der Waals surface area contributed by atoms with Gasteiger partial charge in [0, 0.05) is 24.0 Å². The fraction of sp³-hybridized carbons (Fsp3) is 0.409. The van der Waals surface area contributed by atoms with Gasteiger partial charge in [0.2, 0.25) is 5.91 Å². The van der Waals surface area contributed by atoms with Crippen LogP contribution in [0.15, 0.2) is 40.5 Å². The van der Waals surface area contributed by atoms with Crippen molar-refractivity contribution < 1.29 is 4.79 Å². The summed E-state index contributed by atoms with van der Waals surface area (Å²) >= 11 is 2.95. The Morgan fingerprint density at radius 1 is 1.27 bits per heavy atom. The summed E-state index contributed by atoms with van der Waals surface area (Å²) in [5.74, 6) is 1.09. The Kier molecular flexibility index (Phi) is 8.07. The summed E-state index contributed by atoms with van der Waals surface area (Å²) in [4.78, 5) is 35.6. The molecular weight excluding hydrogens is 416 g/mol. The lowest BCUT2D eigenvalue weighted by Crippen LogP contribution is -2.38. The van der Waals surface area contributed by atoms with Crippen molar-refractivity contribution in [3.8, 4) is 11.1 Å². The SMILES string of the molecule is CCN(CC)CCNC(=O)[C@@H](C)SCc1nc2scc(-c3ccccc3)c2c(=O)[nH]1. The summed E-state index contributed by atoms with van der Waals surface area (Å²) in [5, 5.41) is 5.38. The number of nitrogens with one attached hydrogen (secondary N) is 2. The number of carbonyl (C=O) groups is 1. The van der Waals surface area contributed by atoms with Crippen molar-refractivity contribution in [2.75, 3.05) is 26.2 Å². The molecular formula is C22H28N4O2S2. The molecule has 1 atom stereocenters. The lowest BCUT2D eigenvalue weighted by atomic mass is 10.1. The van der Waals surface area contributed by atoms with Gasteiger partial charge in [-0.15, -0.1) is 23.1 Å². The predicted octanol–water partition coefficient (Wildman–Crippen LogP) is 3.73. The van der Waals surface area contributed by atoms with Crippen LogP contribution in [0, 0.1) is 0 Å². The quantitative estimate of drug-likeness (QED) is 0.498. The van der Waals surface area contributed by atoms with Gasteiger partial charge in [0.1, 0.15) is 10.7 Å². The highest BCUT2D eigenvalue weighted by Gasteiger charge is 2.16. The van der Waals surface area contributed by atoms with Crippen molar-refractivity contribution in [2.24, 2.45) is 0 Å². The molecule has 6 nitrogen and oxygen atoms in total. The largest absolute Gasteiger partial charge is 0.354 e. The van der Waals surface area contributed by atoms with Crippen LogP contribution in [0.4, 0.5) is 0 Å². The number of nitrogens with zero attached hydrogens (tertiary/aromatic N) is 2. The number of thiophene rings is 1. The second-order valence-electron chi connectivity index (χ2n) is 6.98. The molecule has 2 N–H and O–H groups in total. The molecule has 8 heteroatoms. The zero-order valence-electron chi connectivity index (χ0n) is 17.6. The van der Waals surface area contributed by atoms with Crippen LogP contribution in [-0.2, 0) is 10.5 Å².